The van der Waals surface area contributed by atoms with Crippen LogP contribution in [0.3, 0.4) is 0 Å². The lowest BCUT2D eigenvalue weighted by Crippen LogP contribution is -2.51. The molecule has 11 nitrogen and oxygen atoms in total. The highest BCUT2D eigenvalue weighted by Crippen LogP contribution is 2.67. The molecule has 0 bridgehead atoms. The summed E-state index contributed by atoms with van der Waals surface area (Å²) in [6.07, 6.45) is 19.3. The van der Waals surface area contributed by atoms with E-state index in [4.69, 9.17) is 14.2 Å². The molecule has 0 aromatic heterocycles. The lowest BCUT2D eigenvalue weighted by atomic mass is 9.47. The number of allylic oxidation sites excluding steroid dienone is 1. The molecule has 3 fully saturated rings. The Kier molecular flexibility index (Phi) is 20.6. The second kappa shape index (κ2) is 24.5. The molecular formula is C54H96N4O7. The number of hydrogen-bond acceptors (Lipinski definition) is 8. The standard InChI is InChI=1S/C54H96N4O7/c1-37(2)18-16-19-38(3)44-24-25-45-43-23-22-41-36-42(26-30-53(41,12)46(43)27-31-54(44,45)13)63-48(60)21-17-20-47(59)58(35-29-40(5)57-50(62)65-52(9,10)11)34-15-14-32-55-33-28-39(4)56-49(61)64-51(6,7)8/h22,37-40,42-46,55H,14-21,23-36H2,1-13H3,(H,56,61)(H,57,62)/t38-,39?,40?,42+,43+,44-,45+,46?,53+,54-/m1/s1. The average Bonchev–Trinajstić information content (AvgIpc) is 3.54. The summed E-state index contributed by atoms with van der Waals surface area (Å²) in [6, 6.07) is -0.200. The van der Waals surface area contributed by atoms with Crippen molar-refractivity contribution in [2.24, 2.45) is 46.3 Å². The van der Waals surface area contributed by atoms with E-state index in [1.54, 1.807) is 0 Å². The first kappa shape index (κ1) is 54.8. The molecule has 0 aliphatic heterocycles. The van der Waals surface area contributed by atoms with Gasteiger partial charge in [-0.1, -0.05) is 65.5 Å². The number of nitrogens with zero attached hydrogens (tertiary/aromatic N) is 1. The summed E-state index contributed by atoms with van der Waals surface area (Å²) < 4.78 is 17.0. The minimum Gasteiger partial charge on any atom is -0.462 e. The van der Waals surface area contributed by atoms with E-state index < -0.39 is 23.4 Å². The Morgan fingerprint density at radius 3 is 2.03 bits per heavy atom. The van der Waals surface area contributed by atoms with E-state index in [-0.39, 0.29) is 48.3 Å². The van der Waals surface area contributed by atoms with Gasteiger partial charge in [0.2, 0.25) is 5.91 Å². The van der Waals surface area contributed by atoms with Crippen LogP contribution < -0.4 is 16.0 Å². The smallest absolute Gasteiger partial charge is 0.407 e. The van der Waals surface area contributed by atoms with Crippen molar-refractivity contribution in [3.63, 3.8) is 0 Å². The summed E-state index contributed by atoms with van der Waals surface area (Å²) in [5.74, 6) is 4.64. The highest BCUT2D eigenvalue weighted by Gasteiger charge is 2.59. The molecule has 3 N–H and O–H groups in total. The monoisotopic (exact) mass is 913 g/mol. The number of alkyl carbamates (subject to hydrolysis) is 2. The van der Waals surface area contributed by atoms with E-state index in [9.17, 15) is 19.2 Å². The fourth-order valence-corrected chi connectivity index (χ4v) is 12.4. The second-order valence-corrected chi connectivity index (χ2v) is 24.0. The number of hydrogen-bond donors (Lipinski definition) is 3. The van der Waals surface area contributed by atoms with Crippen molar-refractivity contribution in [1.82, 2.24) is 20.9 Å². The van der Waals surface area contributed by atoms with Crippen molar-refractivity contribution in [3.05, 3.63) is 11.6 Å². The van der Waals surface area contributed by atoms with Crippen LogP contribution >= 0.6 is 0 Å². The summed E-state index contributed by atoms with van der Waals surface area (Å²) in [5.41, 5.74) is 1.09. The highest BCUT2D eigenvalue weighted by atomic mass is 16.6. The van der Waals surface area contributed by atoms with Crippen molar-refractivity contribution < 1.29 is 33.4 Å². The molecule has 4 aliphatic carbocycles. The van der Waals surface area contributed by atoms with Gasteiger partial charge in [-0.05, 0) is 192 Å². The maximum atomic E-state index is 13.7. The number of unbranched alkanes of at least 4 members (excludes halogenated alkanes) is 1. The molecule has 0 saturated heterocycles. The molecule has 65 heavy (non-hydrogen) atoms. The van der Waals surface area contributed by atoms with Crippen LogP contribution in [0, 0.1) is 46.3 Å². The first-order valence-corrected chi connectivity index (χ1v) is 26.3. The van der Waals surface area contributed by atoms with Crippen LogP contribution in [-0.2, 0) is 23.8 Å². The number of ether oxygens (including phenoxy) is 3. The molecule has 3 unspecified atom stereocenters. The molecule has 0 aromatic rings. The Bertz CT molecular complexity index is 1570. The van der Waals surface area contributed by atoms with Crippen LogP contribution in [-0.4, -0.2) is 84.5 Å². The zero-order valence-corrected chi connectivity index (χ0v) is 43.6. The van der Waals surface area contributed by atoms with E-state index >= 15 is 0 Å². The average molecular weight is 913 g/mol. The normalized spacial score (nSPS) is 27.8. The predicted molar refractivity (Wildman–Crippen MR) is 262 cm³/mol. The highest BCUT2D eigenvalue weighted by molar-refractivity contribution is 5.77. The summed E-state index contributed by atoms with van der Waals surface area (Å²) in [6.45, 7) is 30.0. The van der Waals surface area contributed by atoms with Crippen molar-refractivity contribution in [3.8, 4) is 0 Å². The molecule has 0 radical (unpaired) electrons. The van der Waals surface area contributed by atoms with Crippen LogP contribution in [0.4, 0.5) is 9.59 Å². The van der Waals surface area contributed by atoms with E-state index in [1.165, 1.54) is 56.9 Å². The fraction of sp³-hybridized carbons (Fsp3) is 0.889. The van der Waals surface area contributed by atoms with Gasteiger partial charge in [0.15, 0.2) is 0 Å². The largest absolute Gasteiger partial charge is 0.462 e. The molecule has 374 valence electrons. The summed E-state index contributed by atoms with van der Waals surface area (Å²) in [7, 11) is 0. The zero-order chi connectivity index (χ0) is 48.2. The molecule has 10 atom stereocenters. The number of rotatable bonds is 23. The van der Waals surface area contributed by atoms with E-state index in [1.807, 2.05) is 60.3 Å². The summed E-state index contributed by atoms with van der Waals surface area (Å²) in [4.78, 5) is 53.3. The van der Waals surface area contributed by atoms with Crippen LogP contribution in [0.25, 0.3) is 0 Å². The maximum absolute atomic E-state index is 13.7. The number of amides is 3. The molecule has 0 heterocycles. The minimum atomic E-state index is -0.592. The third-order valence-electron chi connectivity index (χ3n) is 15.8. The number of nitrogens with one attached hydrogen (secondary N) is 3. The van der Waals surface area contributed by atoms with Gasteiger partial charge >= 0.3 is 18.2 Å². The van der Waals surface area contributed by atoms with Gasteiger partial charge in [-0.2, -0.15) is 0 Å². The second-order valence-electron chi connectivity index (χ2n) is 24.0. The summed E-state index contributed by atoms with van der Waals surface area (Å²) in [5, 5.41) is 9.23. The third kappa shape index (κ3) is 17.0. The summed E-state index contributed by atoms with van der Waals surface area (Å²) >= 11 is 0. The Balaban J connectivity index is 1.22. The number of esters is 1. The molecule has 4 aliphatic rings. The van der Waals surface area contributed by atoms with Gasteiger partial charge in [0.05, 0.1) is 0 Å². The number of carbonyl (C=O) groups excluding carboxylic acids is 4. The third-order valence-corrected chi connectivity index (χ3v) is 15.8. The Hall–Kier alpha value is -2.82. The first-order valence-electron chi connectivity index (χ1n) is 26.3. The van der Waals surface area contributed by atoms with Crippen LogP contribution in [0.15, 0.2) is 11.6 Å². The van der Waals surface area contributed by atoms with Gasteiger partial charge in [0.25, 0.3) is 0 Å². The lowest BCUT2D eigenvalue weighted by molar-refractivity contribution is -0.151. The first-order chi connectivity index (χ1) is 30.4. The Morgan fingerprint density at radius 2 is 1.38 bits per heavy atom. The van der Waals surface area contributed by atoms with Crippen molar-refractivity contribution in [1.29, 1.82) is 0 Å². The predicted octanol–water partition coefficient (Wildman–Crippen LogP) is 11.9. The van der Waals surface area contributed by atoms with Gasteiger partial charge in [-0.25, -0.2) is 9.59 Å². The van der Waals surface area contributed by atoms with Gasteiger partial charge in [-0.15, -0.1) is 0 Å². The van der Waals surface area contributed by atoms with Crippen LogP contribution in [0.5, 0.6) is 0 Å². The van der Waals surface area contributed by atoms with E-state index in [0.717, 1.165) is 87.1 Å². The van der Waals surface area contributed by atoms with E-state index in [2.05, 4.69) is 56.6 Å². The molecule has 4 rings (SSSR count). The van der Waals surface area contributed by atoms with Crippen LogP contribution in [0.2, 0.25) is 0 Å². The zero-order valence-electron chi connectivity index (χ0n) is 43.6. The lowest BCUT2D eigenvalue weighted by Gasteiger charge is -2.58. The fourth-order valence-electron chi connectivity index (χ4n) is 12.4. The van der Waals surface area contributed by atoms with Crippen LogP contribution in [0.1, 0.15) is 206 Å². The number of fused-ring (bicyclic) bond motifs is 5. The van der Waals surface area contributed by atoms with Gasteiger partial charge in [0.1, 0.15) is 17.3 Å². The van der Waals surface area contributed by atoms with Gasteiger partial charge < -0.3 is 35.1 Å². The Labute approximate surface area is 396 Å². The van der Waals surface area contributed by atoms with Crippen molar-refractivity contribution >= 4 is 24.1 Å². The van der Waals surface area contributed by atoms with Gasteiger partial charge in [0, 0.05) is 44.4 Å². The molecule has 11 heteroatoms. The van der Waals surface area contributed by atoms with Gasteiger partial charge in [-0.3, -0.25) is 9.59 Å². The molecule has 0 aromatic carbocycles. The topological polar surface area (TPSA) is 135 Å². The maximum Gasteiger partial charge on any atom is 0.407 e. The molecular weight excluding hydrogens is 817 g/mol. The number of carbonyl (C=O) groups is 4. The van der Waals surface area contributed by atoms with E-state index in [0.29, 0.717) is 31.3 Å². The quantitative estimate of drug-likeness (QED) is 0.0399. The SMILES string of the molecule is CC(C)CCC[C@@H](C)[C@H]1CC[C@H]2[C@@H]3CC=C4C[C@@H](OC(=O)CCCC(=O)N(CCCCNCCC(C)NC(=O)OC(C)(C)C)CCC(C)NC(=O)OC(C)(C)C)CC[C@]4(C)C3CC[C@]12C. The van der Waals surface area contributed by atoms with Crippen molar-refractivity contribution in [2.75, 3.05) is 26.2 Å². The molecule has 0 spiro atoms. The molecule has 3 saturated carbocycles. The minimum absolute atomic E-state index is 0.0189. The Morgan fingerprint density at radius 1 is 0.723 bits per heavy atom. The van der Waals surface area contributed by atoms with Crippen molar-refractivity contribution in [2.45, 2.75) is 235 Å². The molecule has 3 amide bonds.